The van der Waals surface area contributed by atoms with Crippen LogP contribution in [0.5, 0.6) is 23.0 Å². The zero-order chi connectivity index (χ0) is 16.1. The van der Waals surface area contributed by atoms with Gasteiger partial charge in [0.1, 0.15) is 0 Å². The Balaban J connectivity index is 2.29. The summed E-state index contributed by atoms with van der Waals surface area (Å²) in [6.45, 7) is 2.14. The molecule has 0 amide bonds. The number of rotatable bonds is 5. The molecule has 4 nitrogen and oxygen atoms in total. The fraction of sp³-hybridized carbons (Fsp3) is 0.222. The van der Waals surface area contributed by atoms with Gasteiger partial charge in [-0.05, 0) is 30.0 Å². The van der Waals surface area contributed by atoms with Gasteiger partial charge < -0.3 is 20.4 Å². The molecule has 0 atom stereocenters. The highest BCUT2D eigenvalue weighted by Crippen LogP contribution is 2.42. The van der Waals surface area contributed by atoms with Gasteiger partial charge in [0.05, 0.1) is 5.56 Å². The number of phenolic OH excluding ortho intramolecular Hbond substituents is 4. The van der Waals surface area contributed by atoms with Gasteiger partial charge in [-0.2, -0.15) is 0 Å². The summed E-state index contributed by atoms with van der Waals surface area (Å²) >= 11 is 0. The van der Waals surface area contributed by atoms with E-state index in [1.54, 1.807) is 6.08 Å². The number of aryl methyl sites for hydroxylation is 1. The molecule has 4 heteroatoms. The predicted molar refractivity (Wildman–Crippen MR) is 87.1 cm³/mol. The molecule has 0 aromatic heterocycles. The van der Waals surface area contributed by atoms with Crippen LogP contribution in [0.4, 0.5) is 0 Å². The number of aromatic hydroxyl groups is 4. The van der Waals surface area contributed by atoms with Gasteiger partial charge in [0.2, 0.25) is 0 Å². The van der Waals surface area contributed by atoms with Crippen molar-refractivity contribution >= 4 is 12.2 Å². The summed E-state index contributed by atoms with van der Waals surface area (Å²) in [7, 11) is 0. The summed E-state index contributed by atoms with van der Waals surface area (Å²) < 4.78 is 0. The largest absolute Gasteiger partial charge is 0.504 e. The van der Waals surface area contributed by atoms with E-state index >= 15 is 0 Å². The maximum Gasteiger partial charge on any atom is 0.168 e. The maximum absolute atomic E-state index is 9.78. The summed E-state index contributed by atoms with van der Waals surface area (Å²) in [5, 5.41) is 38.5. The molecule has 22 heavy (non-hydrogen) atoms. The zero-order valence-corrected chi connectivity index (χ0v) is 12.5. The minimum absolute atomic E-state index is 0.0172. The van der Waals surface area contributed by atoms with Crippen LogP contribution in [0.1, 0.15) is 36.5 Å². The molecular weight excluding hydrogens is 280 g/mol. The SMILES string of the molecule is CCCCc1cccc(C=Cc2c(O)c(O)cc(O)c2O)c1. The summed E-state index contributed by atoms with van der Waals surface area (Å²) in [6, 6.07) is 8.84. The third-order valence-electron chi connectivity index (χ3n) is 3.48. The van der Waals surface area contributed by atoms with E-state index in [0.29, 0.717) is 0 Å². The first kappa shape index (κ1) is 15.8. The Hall–Kier alpha value is -2.62. The number of phenols is 4. The standard InChI is InChI=1S/C18H20O4/c1-2-3-5-12-6-4-7-13(10-12)8-9-14-17(21)15(19)11-16(20)18(14)22/h4,6-11,19-22H,2-3,5H2,1H3. The van der Waals surface area contributed by atoms with Gasteiger partial charge in [0.25, 0.3) is 0 Å². The summed E-state index contributed by atoms with van der Waals surface area (Å²) in [4.78, 5) is 0. The van der Waals surface area contributed by atoms with Crippen LogP contribution >= 0.6 is 0 Å². The molecule has 0 radical (unpaired) electrons. The van der Waals surface area contributed by atoms with Crippen molar-refractivity contribution in [3.8, 4) is 23.0 Å². The van der Waals surface area contributed by atoms with Gasteiger partial charge in [-0.1, -0.05) is 43.7 Å². The average Bonchev–Trinajstić information content (AvgIpc) is 2.51. The molecule has 0 saturated carbocycles. The third-order valence-corrected chi connectivity index (χ3v) is 3.48. The normalized spacial score (nSPS) is 11.1. The van der Waals surface area contributed by atoms with Crippen molar-refractivity contribution in [1.29, 1.82) is 0 Å². The van der Waals surface area contributed by atoms with Gasteiger partial charge in [-0.3, -0.25) is 0 Å². The van der Waals surface area contributed by atoms with E-state index < -0.39 is 23.0 Å². The van der Waals surface area contributed by atoms with Crippen LogP contribution in [0.2, 0.25) is 0 Å². The number of unbranched alkanes of at least 4 members (excludes halogenated alkanes) is 1. The molecule has 0 fully saturated rings. The van der Waals surface area contributed by atoms with Crippen LogP contribution in [0, 0.1) is 0 Å². The molecule has 0 aliphatic rings. The quantitative estimate of drug-likeness (QED) is 0.382. The van der Waals surface area contributed by atoms with Crippen molar-refractivity contribution in [2.75, 3.05) is 0 Å². The molecule has 0 unspecified atom stereocenters. The fourth-order valence-electron chi connectivity index (χ4n) is 2.22. The second kappa shape index (κ2) is 6.89. The molecule has 0 heterocycles. The van der Waals surface area contributed by atoms with E-state index in [9.17, 15) is 20.4 Å². The van der Waals surface area contributed by atoms with Crippen LogP contribution in [0.25, 0.3) is 12.2 Å². The highest BCUT2D eigenvalue weighted by atomic mass is 16.3. The Bertz CT molecular complexity index is 663. The van der Waals surface area contributed by atoms with Gasteiger partial charge >= 0.3 is 0 Å². The lowest BCUT2D eigenvalue weighted by molar-refractivity contribution is 0.371. The maximum atomic E-state index is 9.78. The van der Waals surface area contributed by atoms with Gasteiger partial charge in [-0.25, -0.2) is 0 Å². The molecule has 0 aliphatic carbocycles. The van der Waals surface area contributed by atoms with Crippen molar-refractivity contribution in [3.63, 3.8) is 0 Å². The van der Waals surface area contributed by atoms with E-state index in [1.807, 2.05) is 18.2 Å². The van der Waals surface area contributed by atoms with E-state index in [4.69, 9.17) is 0 Å². The van der Waals surface area contributed by atoms with Crippen LogP contribution in [0.15, 0.2) is 30.3 Å². The average molecular weight is 300 g/mol. The van der Waals surface area contributed by atoms with Crippen molar-refractivity contribution in [3.05, 3.63) is 47.0 Å². The van der Waals surface area contributed by atoms with Gasteiger partial charge in [0.15, 0.2) is 23.0 Å². The monoisotopic (exact) mass is 300 g/mol. The predicted octanol–water partition coefficient (Wildman–Crippen LogP) is 4.02. The fourth-order valence-corrected chi connectivity index (χ4v) is 2.22. The molecule has 2 aromatic carbocycles. The van der Waals surface area contributed by atoms with Crippen LogP contribution in [-0.2, 0) is 6.42 Å². The van der Waals surface area contributed by atoms with Gasteiger partial charge in [-0.15, -0.1) is 0 Å². The number of hydrogen-bond acceptors (Lipinski definition) is 4. The van der Waals surface area contributed by atoms with E-state index in [2.05, 4.69) is 13.0 Å². The molecule has 4 N–H and O–H groups in total. The second-order valence-corrected chi connectivity index (χ2v) is 5.21. The van der Waals surface area contributed by atoms with Crippen LogP contribution < -0.4 is 0 Å². The lowest BCUT2D eigenvalue weighted by Gasteiger charge is -2.07. The Kier molecular flexibility index (Phi) is 4.94. The summed E-state index contributed by atoms with van der Waals surface area (Å²) in [5.41, 5.74) is 2.11. The van der Waals surface area contributed by atoms with Crippen LogP contribution in [-0.4, -0.2) is 20.4 Å². The van der Waals surface area contributed by atoms with E-state index in [1.165, 1.54) is 11.6 Å². The summed E-state index contributed by atoms with van der Waals surface area (Å²) in [6.07, 6.45) is 6.42. The number of benzene rings is 2. The van der Waals surface area contributed by atoms with Crippen molar-refractivity contribution in [2.24, 2.45) is 0 Å². The molecule has 116 valence electrons. The van der Waals surface area contributed by atoms with Crippen LogP contribution in [0.3, 0.4) is 0 Å². The molecule has 0 bridgehead atoms. The Morgan fingerprint density at radius 1 is 0.909 bits per heavy atom. The first-order chi connectivity index (χ1) is 10.5. The Morgan fingerprint density at radius 3 is 2.23 bits per heavy atom. The number of hydrogen-bond donors (Lipinski definition) is 4. The molecule has 0 saturated heterocycles. The topological polar surface area (TPSA) is 80.9 Å². The van der Waals surface area contributed by atoms with Crippen molar-refractivity contribution in [2.45, 2.75) is 26.2 Å². The van der Waals surface area contributed by atoms with Crippen molar-refractivity contribution < 1.29 is 20.4 Å². The van der Waals surface area contributed by atoms with Crippen molar-refractivity contribution in [1.82, 2.24) is 0 Å². The molecule has 2 aromatic rings. The lowest BCUT2D eigenvalue weighted by Crippen LogP contribution is -1.85. The minimum Gasteiger partial charge on any atom is -0.504 e. The molecular formula is C18H20O4. The Labute approximate surface area is 129 Å². The third kappa shape index (κ3) is 3.52. The lowest BCUT2D eigenvalue weighted by atomic mass is 10.0. The highest BCUT2D eigenvalue weighted by Gasteiger charge is 2.14. The highest BCUT2D eigenvalue weighted by molar-refractivity contribution is 5.79. The first-order valence-corrected chi connectivity index (χ1v) is 7.26. The smallest absolute Gasteiger partial charge is 0.168 e. The minimum atomic E-state index is -0.480. The first-order valence-electron chi connectivity index (χ1n) is 7.26. The molecule has 0 spiro atoms. The summed E-state index contributed by atoms with van der Waals surface area (Å²) in [5.74, 6) is -1.89. The molecule has 2 rings (SSSR count). The van der Waals surface area contributed by atoms with Gasteiger partial charge in [0, 0.05) is 6.07 Å². The second-order valence-electron chi connectivity index (χ2n) is 5.21. The molecule has 0 aliphatic heterocycles. The Morgan fingerprint density at radius 2 is 1.59 bits per heavy atom. The van der Waals surface area contributed by atoms with E-state index in [0.717, 1.165) is 30.9 Å². The van der Waals surface area contributed by atoms with E-state index in [-0.39, 0.29) is 5.56 Å². The zero-order valence-electron chi connectivity index (χ0n) is 12.5.